The maximum absolute atomic E-state index is 12.3. The molecule has 1 N–H and O–H groups in total. The van der Waals surface area contributed by atoms with Gasteiger partial charge >= 0.3 is 0 Å². The summed E-state index contributed by atoms with van der Waals surface area (Å²) in [7, 11) is 0. The van der Waals surface area contributed by atoms with Crippen LogP contribution < -0.4 is 0 Å². The Kier molecular flexibility index (Phi) is 4.88. The summed E-state index contributed by atoms with van der Waals surface area (Å²) >= 11 is 0. The number of carbonyl (C=O) groups excluding carboxylic acids is 1. The number of carbonyl (C=O) groups is 1. The van der Waals surface area contributed by atoms with E-state index in [4.69, 9.17) is 0 Å². The molecule has 0 spiro atoms. The number of hydrogen-bond acceptors (Lipinski definition) is 1. The quantitative estimate of drug-likeness (QED) is 0.445. The number of hydrogen-bond donors (Lipinski definition) is 1. The van der Waals surface area contributed by atoms with Crippen LogP contribution in [0.5, 0.6) is 0 Å². The summed E-state index contributed by atoms with van der Waals surface area (Å²) in [5.41, 5.74) is 5.84. The Morgan fingerprint density at radius 3 is 2.19 bits per heavy atom. The average molecular weight is 353 g/mol. The van der Waals surface area contributed by atoms with Crippen molar-refractivity contribution in [2.45, 2.75) is 19.3 Å². The molecule has 0 saturated carbocycles. The van der Waals surface area contributed by atoms with Gasteiger partial charge in [0, 0.05) is 28.4 Å². The van der Waals surface area contributed by atoms with Crippen molar-refractivity contribution in [3.8, 4) is 0 Å². The first-order chi connectivity index (χ1) is 13.3. The highest BCUT2D eigenvalue weighted by atomic mass is 16.1. The van der Waals surface area contributed by atoms with E-state index in [9.17, 15) is 4.79 Å². The lowest BCUT2D eigenvalue weighted by Crippen LogP contribution is -2.19. The third-order valence-electron chi connectivity index (χ3n) is 5.33. The van der Waals surface area contributed by atoms with Gasteiger partial charge in [0.05, 0.1) is 0 Å². The molecule has 0 saturated heterocycles. The second-order valence-electron chi connectivity index (χ2n) is 7.09. The molecule has 27 heavy (non-hydrogen) atoms. The molecule has 1 heterocycles. The first-order valence-corrected chi connectivity index (χ1v) is 9.39. The number of nitrogens with one attached hydrogen (secondary N) is 1. The molecule has 0 unspecified atom stereocenters. The number of aldehydes is 1. The van der Waals surface area contributed by atoms with Gasteiger partial charge in [-0.15, -0.1) is 0 Å². The Hall–Kier alpha value is -3.13. The number of aryl methyl sites for hydroxylation is 1. The monoisotopic (exact) mass is 353 g/mol. The second kappa shape index (κ2) is 7.63. The smallest absolute Gasteiger partial charge is 0.124 e. The normalized spacial score (nSPS) is 13.4. The fourth-order valence-electron chi connectivity index (χ4n) is 4.12. The van der Waals surface area contributed by atoms with Gasteiger partial charge < -0.3 is 9.78 Å². The maximum atomic E-state index is 12.3. The number of rotatable bonds is 6. The molecule has 0 radical (unpaired) electrons. The molecule has 0 aliphatic heterocycles. The summed E-state index contributed by atoms with van der Waals surface area (Å²) < 4.78 is 0. The molecule has 0 amide bonds. The average Bonchev–Trinajstić information content (AvgIpc) is 3.05. The van der Waals surface area contributed by atoms with Gasteiger partial charge in [0.25, 0.3) is 0 Å². The van der Waals surface area contributed by atoms with E-state index >= 15 is 0 Å². The molecule has 0 fully saturated rings. The third kappa shape index (κ3) is 3.43. The van der Waals surface area contributed by atoms with Crippen LogP contribution in [0, 0.1) is 12.8 Å². The maximum Gasteiger partial charge on any atom is 0.124 e. The Labute approximate surface area is 159 Å². The van der Waals surface area contributed by atoms with E-state index in [1.165, 1.54) is 22.1 Å². The summed E-state index contributed by atoms with van der Waals surface area (Å²) in [6, 6.07) is 29.0. The predicted molar refractivity (Wildman–Crippen MR) is 111 cm³/mol. The van der Waals surface area contributed by atoms with Gasteiger partial charge in [-0.25, -0.2) is 0 Å². The van der Waals surface area contributed by atoms with Gasteiger partial charge in [0.2, 0.25) is 0 Å². The van der Waals surface area contributed by atoms with Crippen LogP contribution in [0.1, 0.15) is 28.3 Å². The fraction of sp³-hybridized carbons (Fsp3) is 0.160. The topological polar surface area (TPSA) is 32.9 Å². The second-order valence-corrected chi connectivity index (χ2v) is 7.09. The Balaban J connectivity index is 1.86. The van der Waals surface area contributed by atoms with E-state index in [1.807, 2.05) is 30.3 Å². The number of aromatic nitrogens is 1. The van der Waals surface area contributed by atoms with Crippen LogP contribution in [-0.2, 0) is 11.2 Å². The van der Waals surface area contributed by atoms with Crippen LogP contribution in [0.2, 0.25) is 0 Å². The molecule has 4 rings (SSSR count). The lowest BCUT2D eigenvalue weighted by Gasteiger charge is -2.25. The highest BCUT2D eigenvalue weighted by molar-refractivity contribution is 5.86. The molecule has 0 aliphatic carbocycles. The van der Waals surface area contributed by atoms with Gasteiger partial charge in [-0.3, -0.25) is 0 Å². The SMILES string of the molecule is Cc1[nH]c2ccccc2c1[C@H](c1ccccc1)[C@H](C=O)Cc1ccccc1. The fourth-order valence-corrected chi connectivity index (χ4v) is 4.12. The van der Waals surface area contributed by atoms with Crippen LogP contribution in [0.3, 0.4) is 0 Å². The van der Waals surface area contributed by atoms with Crippen molar-refractivity contribution in [2.75, 3.05) is 0 Å². The third-order valence-corrected chi connectivity index (χ3v) is 5.33. The van der Waals surface area contributed by atoms with Crippen LogP contribution in [-0.4, -0.2) is 11.3 Å². The van der Waals surface area contributed by atoms with E-state index in [-0.39, 0.29) is 11.8 Å². The minimum Gasteiger partial charge on any atom is -0.358 e. The van der Waals surface area contributed by atoms with Crippen molar-refractivity contribution in [1.29, 1.82) is 0 Å². The lowest BCUT2D eigenvalue weighted by atomic mass is 9.77. The van der Waals surface area contributed by atoms with E-state index in [0.29, 0.717) is 0 Å². The largest absolute Gasteiger partial charge is 0.358 e. The molecule has 134 valence electrons. The van der Waals surface area contributed by atoms with Crippen molar-refractivity contribution in [3.63, 3.8) is 0 Å². The van der Waals surface area contributed by atoms with Crippen molar-refractivity contribution in [1.82, 2.24) is 4.98 Å². The number of fused-ring (bicyclic) bond motifs is 1. The zero-order chi connectivity index (χ0) is 18.6. The van der Waals surface area contributed by atoms with Crippen molar-refractivity contribution >= 4 is 17.2 Å². The van der Waals surface area contributed by atoms with Crippen LogP contribution in [0.25, 0.3) is 10.9 Å². The molecule has 2 atom stereocenters. The summed E-state index contributed by atoms with van der Waals surface area (Å²) in [6.45, 7) is 2.11. The van der Waals surface area contributed by atoms with E-state index in [1.54, 1.807) is 0 Å². The number of benzene rings is 3. The Bertz CT molecular complexity index is 1030. The molecular weight excluding hydrogens is 330 g/mol. The Morgan fingerprint density at radius 2 is 1.48 bits per heavy atom. The van der Waals surface area contributed by atoms with E-state index < -0.39 is 0 Å². The molecular formula is C25H23NO. The first-order valence-electron chi connectivity index (χ1n) is 9.39. The summed E-state index contributed by atoms with van der Waals surface area (Å²) in [4.78, 5) is 15.8. The van der Waals surface area contributed by atoms with Gasteiger partial charge in [0.15, 0.2) is 0 Å². The summed E-state index contributed by atoms with van der Waals surface area (Å²) in [5.74, 6) is -0.118. The predicted octanol–water partition coefficient (Wildman–Crippen LogP) is 5.67. The van der Waals surface area contributed by atoms with Crippen molar-refractivity contribution in [3.05, 3.63) is 107 Å². The zero-order valence-corrected chi connectivity index (χ0v) is 15.4. The van der Waals surface area contributed by atoms with E-state index in [2.05, 4.69) is 66.5 Å². The molecule has 4 aromatic rings. The molecule has 0 bridgehead atoms. The van der Waals surface area contributed by atoms with Gasteiger partial charge in [-0.2, -0.15) is 0 Å². The highest BCUT2D eigenvalue weighted by Crippen LogP contribution is 2.39. The molecule has 1 aromatic heterocycles. The van der Waals surface area contributed by atoms with Crippen LogP contribution in [0.4, 0.5) is 0 Å². The molecule has 0 aliphatic rings. The van der Waals surface area contributed by atoms with Crippen LogP contribution >= 0.6 is 0 Å². The zero-order valence-electron chi connectivity index (χ0n) is 15.4. The molecule has 2 nitrogen and oxygen atoms in total. The standard InChI is InChI=1S/C25H23NO/c1-18-24(22-14-8-9-15-23(22)26-18)25(20-12-6-3-7-13-20)21(17-27)16-19-10-4-2-5-11-19/h2-15,17,21,25-26H,16H2,1H3/t21-,25+/m0/s1. The summed E-state index contributed by atoms with van der Waals surface area (Å²) in [5, 5.41) is 1.20. The minimum atomic E-state index is -0.132. The molecule has 2 heteroatoms. The van der Waals surface area contributed by atoms with Gasteiger partial charge in [0.1, 0.15) is 6.29 Å². The highest BCUT2D eigenvalue weighted by Gasteiger charge is 2.28. The van der Waals surface area contributed by atoms with Crippen molar-refractivity contribution < 1.29 is 4.79 Å². The first kappa shape index (κ1) is 17.3. The number of H-pyrrole nitrogens is 1. The Morgan fingerprint density at radius 1 is 0.852 bits per heavy atom. The van der Waals surface area contributed by atoms with Crippen molar-refractivity contribution in [2.24, 2.45) is 5.92 Å². The van der Waals surface area contributed by atoms with Crippen LogP contribution in [0.15, 0.2) is 84.9 Å². The molecule has 3 aromatic carbocycles. The van der Waals surface area contributed by atoms with E-state index in [0.717, 1.165) is 23.9 Å². The summed E-state index contributed by atoms with van der Waals surface area (Å²) in [6.07, 6.45) is 1.86. The van der Waals surface area contributed by atoms with Gasteiger partial charge in [-0.05, 0) is 36.1 Å². The van der Waals surface area contributed by atoms with Gasteiger partial charge in [-0.1, -0.05) is 78.9 Å². The minimum absolute atomic E-state index is 0.0139. The number of aromatic amines is 1. The number of para-hydroxylation sites is 1. The lowest BCUT2D eigenvalue weighted by molar-refractivity contribution is -0.111.